The Balaban J connectivity index is 1.43. The minimum Gasteiger partial charge on any atom is -0.454 e. The molecule has 0 saturated carbocycles. The second-order valence-electron chi connectivity index (χ2n) is 6.68. The van der Waals surface area contributed by atoms with Crippen LogP contribution >= 0.6 is 0 Å². The SMILES string of the molecule is CNC(=O)CN1CCC(NC(=O)NC(C)c2ccc3c(c2)OCO3)CC1. The number of hydrogen-bond donors (Lipinski definition) is 3. The number of ether oxygens (including phenoxy) is 2. The summed E-state index contributed by atoms with van der Waals surface area (Å²) in [5.74, 6) is 1.46. The van der Waals surface area contributed by atoms with Crippen molar-refractivity contribution in [1.82, 2.24) is 20.9 Å². The third kappa shape index (κ3) is 4.57. The quantitative estimate of drug-likeness (QED) is 0.726. The summed E-state index contributed by atoms with van der Waals surface area (Å²) in [6, 6.07) is 5.48. The van der Waals surface area contributed by atoms with Crippen molar-refractivity contribution < 1.29 is 19.1 Å². The van der Waals surface area contributed by atoms with Crippen LogP contribution in [0.2, 0.25) is 0 Å². The molecule has 1 unspecified atom stereocenters. The average molecular weight is 362 g/mol. The lowest BCUT2D eigenvalue weighted by Crippen LogP contribution is -2.49. The number of hydrogen-bond acceptors (Lipinski definition) is 5. The number of benzene rings is 1. The monoisotopic (exact) mass is 362 g/mol. The molecule has 0 radical (unpaired) electrons. The maximum absolute atomic E-state index is 12.3. The summed E-state index contributed by atoms with van der Waals surface area (Å²) in [6.45, 7) is 4.19. The number of carbonyl (C=O) groups is 2. The molecule has 142 valence electrons. The molecule has 1 fully saturated rings. The Bertz CT molecular complexity index is 659. The predicted molar refractivity (Wildman–Crippen MR) is 96.2 cm³/mol. The van der Waals surface area contributed by atoms with E-state index in [2.05, 4.69) is 20.9 Å². The smallest absolute Gasteiger partial charge is 0.315 e. The van der Waals surface area contributed by atoms with Crippen molar-refractivity contribution in [3.05, 3.63) is 23.8 Å². The normalized spacial score (nSPS) is 18.2. The molecule has 26 heavy (non-hydrogen) atoms. The van der Waals surface area contributed by atoms with Gasteiger partial charge in [0.05, 0.1) is 12.6 Å². The van der Waals surface area contributed by atoms with Gasteiger partial charge in [-0.1, -0.05) is 6.07 Å². The fourth-order valence-corrected chi connectivity index (χ4v) is 3.21. The lowest BCUT2D eigenvalue weighted by Gasteiger charge is -2.32. The summed E-state index contributed by atoms with van der Waals surface area (Å²) in [4.78, 5) is 25.8. The maximum atomic E-state index is 12.3. The molecule has 0 bridgehead atoms. The predicted octanol–water partition coefficient (Wildman–Crippen LogP) is 0.986. The van der Waals surface area contributed by atoms with Gasteiger partial charge in [0.15, 0.2) is 11.5 Å². The number of carbonyl (C=O) groups excluding carboxylic acids is 2. The van der Waals surface area contributed by atoms with Crippen molar-refractivity contribution in [3.8, 4) is 11.5 Å². The zero-order valence-electron chi connectivity index (χ0n) is 15.2. The molecule has 8 nitrogen and oxygen atoms in total. The van der Waals surface area contributed by atoms with Crippen molar-refractivity contribution in [2.45, 2.75) is 31.8 Å². The first-order valence-electron chi connectivity index (χ1n) is 8.94. The van der Waals surface area contributed by atoms with Crippen molar-refractivity contribution >= 4 is 11.9 Å². The van der Waals surface area contributed by atoms with E-state index in [0.29, 0.717) is 12.3 Å². The maximum Gasteiger partial charge on any atom is 0.315 e. The fourth-order valence-electron chi connectivity index (χ4n) is 3.21. The van der Waals surface area contributed by atoms with Crippen molar-refractivity contribution in [1.29, 1.82) is 0 Å². The number of likely N-dealkylation sites (tertiary alicyclic amines) is 1. The molecule has 1 aromatic carbocycles. The van der Waals surface area contributed by atoms with E-state index in [9.17, 15) is 9.59 Å². The van der Waals surface area contributed by atoms with E-state index in [0.717, 1.165) is 37.2 Å². The van der Waals surface area contributed by atoms with Gasteiger partial charge in [-0.05, 0) is 37.5 Å². The molecule has 3 amide bonds. The Kier molecular flexibility index (Phi) is 5.82. The zero-order valence-corrected chi connectivity index (χ0v) is 15.2. The molecule has 3 N–H and O–H groups in total. The van der Waals surface area contributed by atoms with Crippen LogP contribution in [0.3, 0.4) is 0 Å². The van der Waals surface area contributed by atoms with Crippen molar-refractivity contribution in [3.63, 3.8) is 0 Å². The summed E-state index contributed by atoms with van der Waals surface area (Å²) in [7, 11) is 1.64. The summed E-state index contributed by atoms with van der Waals surface area (Å²) in [5.41, 5.74) is 0.963. The highest BCUT2D eigenvalue weighted by Crippen LogP contribution is 2.34. The summed E-state index contributed by atoms with van der Waals surface area (Å²) >= 11 is 0. The van der Waals surface area contributed by atoms with Crippen LogP contribution in [-0.4, -0.2) is 56.4 Å². The highest BCUT2D eigenvalue weighted by atomic mass is 16.7. The van der Waals surface area contributed by atoms with Gasteiger partial charge in [-0.2, -0.15) is 0 Å². The molecule has 2 aliphatic heterocycles. The molecule has 3 rings (SSSR count). The molecular weight excluding hydrogens is 336 g/mol. The van der Waals surface area contributed by atoms with Gasteiger partial charge in [0, 0.05) is 26.2 Å². The highest BCUT2D eigenvalue weighted by molar-refractivity contribution is 5.77. The van der Waals surface area contributed by atoms with Gasteiger partial charge in [0.25, 0.3) is 0 Å². The van der Waals surface area contributed by atoms with E-state index in [1.807, 2.05) is 25.1 Å². The summed E-state index contributed by atoms with van der Waals surface area (Å²) < 4.78 is 10.7. The van der Waals surface area contributed by atoms with Crippen LogP contribution in [0.25, 0.3) is 0 Å². The summed E-state index contributed by atoms with van der Waals surface area (Å²) in [6.07, 6.45) is 1.67. The van der Waals surface area contributed by atoms with E-state index < -0.39 is 0 Å². The molecule has 1 saturated heterocycles. The minimum atomic E-state index is -0.181. The Morgan fingerprint density at radius 1 is 1.23 bits per heavy atom. The lowest BCUT2D eigenvalue weighted by molar-refractivity contribution is -0.122. The van der Waals surface area contributed by atoms with Gasteiger partial charge in [0.2, 0.25) is 12.7 Å². The summed E-state index contributed by atoms with van der Waals surface area (Å²) in [5, 5.41) is 8.62. The van der Waals surface area contributed by atoms with Crippen LogP contribution in [0.4, 0.5) is 4.79 Å². The molecule has 0 aromatic heterocycles. The van der Waals surface area contributed by atoms with Crippen LogP contribution in [0.1, 0.15) is 31.4 Å². The van der Waals surface area contributed by atoms with E-state index in [1.54, 1.807) is 7.05 Å². The first-order valence-corrected chi connectivity index (χ1v) is 8.94. The van der Waals surface area contributed by atoms with Crippen molar-refractivity contribution in [2.75, 3.05) is 33.5 Å². The number of fused-ring (bicyclic) bond motifs is 1. The van der Waals surface area contributed by atoms with Crippen LogP contribution in [-0.2, 0) is 4.79 Å². The van der Waals surface area contributed by atoms with Crippen LogP contribution in [0.15, 0.2) is 18.2 Å². The molecule has 1 atom stereocenters. The van der Waals surface area contributed by atoms with Crippen LogP contribution < -0.4 is 25.4 Å². The molecular formula is C18H26N4O4. The minimum absolute atomic E-state index is 0.0201. The van der Waals surface area contributed by atoms with Gasteiger partial charge < -0.3 is 25.4 Å². The molecule has 0 aliphatic carbocycles. The third-order valence-electron chi connectivity index (χ3n) is 4.81. The second kappa shape index (κ2) is 8.27. The van der Waals surface area contributed by atoms with Crippen molar-refractivity contribution in [2.24, 2.45) is 0 Å². The Morgan fingerprint density at radius 2 is 1.96 bits per heavy atom. The van der Waals surface area contributed by atoms with Gasteiger partial charge in [-0.3, -0.25) is 9.69 Å². The van der Waals surface area contributed by atoms with E-state index in [-0.39, 0.29) is 30.8 Å². The lowest BCUT2D eigenvalue weighted by atomic mass is 10.1. The first kappa shape index (κ1) is 18.3. The first-order chi connectivity index (χ1) is 12.5. The second-order valence-corrected chi connectivity index (χ2v) is 6.68. The number of amides is 3. The Hall–Kier alpha value is -2.48. The molecule has 2 aliphatic rings. The Morgan fingerprint density at radius 3 is 2.69 bits per heavy atom. The average Bonchev–Trinajstić information content (AvgIpc) is 3.10. The molecule has 1 aromatic rings. The van der Waals surface area contributed by atoms with Gasteiger partial charge in [-0.15, -0.1) is 0 Å². The van der Waals surface area contributed by atoms with Gasteiger partial charge in [0.1, 0.15) is 0 Å². The molecule has 0 spiro atoms. The largest absolute Gasteiger partial charge is 0.454 e. The number of piperidine rings is 1. The molecule has 8 heteroatoms. The van der Waals surface area contributed by atoms with Gasteiger partial charge >= 0.3 is 6.03 Å². The number of nitrogens with one attached hydrogen (secondary N) is 3. The number of likely N-dealkylation sites (N-methyl/N-ethyl adjacent to an activating group) is 1. The zero-order chi connectivity index (χ0) is 18.5. The standard InChI is InChI=1S/C18H26N4O4/c1-12(13-3-4-15-16(9-13)26-11-25-15)20-18(24)21-14-5-7-22(8-6-14)10-17(23)19-2/h3-4,9,12,14H,5-8,10-11H2,1-2H3,(H,19,23)(H2,20,21,24). The molecule has 2 heterocycles. The van der Waals surface area contributed by atoms with Gasteiger partial charge in [-0.25, -0.2) is 4.79 Å². The van der Waals surface area contributed by atoms with E-state index >= 15 is 0 Å². The van der Waals surface area contributed by atoms with E-state index in [1.165, 1.54) is 0 Å². The van der Waals surface area contributed by atoms with Crippen LogP contribution in [0.5, 0.6) is 11.5 Å². The third-order valence-corrected chi connectivity index (χ3v) is 4.81. The number of urea groups is 1. The highest BCUT2D eigenvalue weighted by Gasteiger charge is 2.23. The Labute approximate surface area is 153 Å². The van der Waals surface area contributed by atoms with Crippen LogP contribution in [0, 0.1) is 0 Å². The fraction of sp³-hybridized carbons (Fsp3) is 0.556. The van der Waals surface area contributed by atoms with E-state index in [4.69, 9.17) is 9.47 Å². The number of rotatable bonds is 5. The number of nitrogens with zero attached hydrogens (tertiary/aromatic N) is 1. The topological polar surface area (TPSA) is 91.9 Å².